The summed E-state index contributed by atoms with van der Waals surface area (Å²) >= 11 is 0. The van der Waals surface area contributed by atoms with E-state index in [-0.39, 0.29) is 0 Å². The van der Waals surface area contributed by atoms with Crippen molar-refractivity contribution in [2.45, 2.75) is 0 Å². The van der Waals surface area contributed by atoms with Crippen LogP contribution in [0, 0.1) is 0 Å². The predicted octanol–water partition coefficient (Wildman–Crippen LogP) is 2.10. The third kappa shape index (κ3) is 1.92. The smallest absolute Gasteiger partial charge is 0.335 e. The molecule has 17 heavy (non-hydrogen) atoms. The van der Waals surface area contributed by atoms with Crippen molar-refractivity contribution >= 4 is 28.1 Å². The van der Waals surface area contributed by atoms with Crippen LogP contribution in [0.5, 0.6) is 5.75 Å². The summed E-state index contributed by atoms with van der Waals surface area (Å²) in [6.07, 6.45) is 1.09. The zero-order valence-electron chi connectivity index (χ0n) is 9.14. The summed E-state index contributed by atoms with van der Waals surface area (Å²) in [4.78, 5) is 11.2. The Labute approximate surface area is 98.5 Å². The monoisotopic (exact) mass is 228 g/mol. The molecule has 86 valence electrons. The Balaban J connectivity index is 2.67. The highest BCUT2D eigenvalue weighted by atomic mass is 16.5. The van der Waals surface area contributed by atoms with Crippen molar-refractivity contribution in [3.63, 3.8) is 0 Å². The first kappa shape index (κ1) is 11.0. The lowest BCUT2D eigenvalue weighted by Gasteiger charge is -2.10. The topological polar surface area (TPSA) is 78.3 Å². The van der Waals surface area contributed by atoms with Gasteiger partial charge in [0.1, 0.15) is 0 Å². The van der Waals surface area contributed by atoms with Crippen LogP contribution < -0.4 is 16.2 Å². The first-order valence-corrected chi connectivity index (χ1v) is 5.04. The number of carbonyl (C=O) groups is 1. The molecule has 0 saturated heterocycles. The molecular formula is C13H12N2O2. The Morgan fingerprint density at radius 1 is 1.12 bits per heavy atom. The summed E-state index contributed by atoms with van der Waals surface area (Å²) in [5.74, 6) is -0.230. The fraction of sp³-hybridized carbons (Fsp3) is 0. The van der Waals surface area contributed by atoms with Gasteiger partial charge in [0.15, 0.2) is 5.75 Å². The van der Waals surface area contributed by atoms with Gasteiger partial charge in [-0.05, 0) is 18.2 Å². The molecule has 0 fully saturated rings. The minimum absolute atomic E-state index is 0.319. The van der Waals surface area contributed by atoms with Gasteiger partial charge in [-0.2, -0.15) is 0 Å². The molecule has 0 saturated carbocycles. The molecule has 0 atom stereocenters. The molecule has 4 nitrogen and oxygen atoms in total. The fourth-order valence-corrected chi connectivity index (χ4v) is 1.63. The van der Waals surface area contributed by atoms with Crippen LogP contribution in [0.15, 0.2) is 43.0 Å². The number of carbonyl (C=O) groups excluding carboxylic acids is 1. The number of nitrogens with two attached hydrogens (primary N) is 2. The van der Waals surface area contributed by atoms with E-state index < -0.39 is 5.97 Å². The minimum atomic E-state index is -0.549. The molecule has 0 heterocycles. The van der Waals surface area contributed by atoms with Gasteiger partial charge >= 0.3 is 5.97 Å². The Hall–Kier alpha value is -2.49. The van der Waals surface area contributed by atoms with E-state index in [0.717, 1.165) is 11.5 Å². The van der Waals surface area contributed by atoms with E-state index in [0.29, 0.717) is 22.5 Å². The molecule has 0 amide bonds. The SMILES string of the molecule is C=CC(=O)Oc1c(N)ccc2c(N)cccc12. The summed E-state index contributed by atoms with van der Waals surface area (Å²) in [7, 11) is 0. The van der Waals surface area contributed by atoms with Crippen LogP contribution in [0.3, 0.4) is 0 Å². The van der Waals surface area contributed by atoms with Crippen molar-refractivity contribution in [1.29, 1.82) is 0 Å². The van der Waals surface area contributed by atoms with Gasteiger partial charge in [0.2, 0.25) is 0 Å². The average molecular weight is 228 g/mol. The molecule has 0 bridgehead atoms. The van der Waals surface area contributed by atoms with Crippen molar-refractivity contribution in [3.8, 4) is 5.75 Å². The quantitative estimate of drug-likeness (QED) is 0.357. The van der Waals surface area contributed by atoms with Gasteiger partial charge in [-0.15, -0.1) is 0 Å². The minimum Gasteiger partial charge on any atom is -0.420 e. The molecule has 2 rings (SSSR count). The van der Waals surface area contributed by atoms with Crippen molar-refractivity contribution in [2.24, 2.45) is 0 Å². The van der Waals surface area contributed by atoms with Crippen LogP contribution in [0.1, 0.15) is 0 Å². The molecule has 2 aromatic rings. The van der Waals surface area contributed by atoms with E-state index in [1.165, 1.54) is 0 Å². The van der Waals surface area contributed by atoms with Crippen LogP contribution >= 0.6 is 0 Å². The normalized spacial score (nSPS) is 10.1. The second-order valence-corrected chi connectivity index (χ2v) is 3.55. The van der Waals surface area contributed by atoms with Gasteiger partial charge < -0.3 is 16.2 Å². The highest BCUT2D eigenvalue weighted by Crippen LogP contribution is 2.34. The molecule has 0 unspecified atom stereocenters. The molecule has 0 aliphatic rings. The van der Waals surface area contributed by atoms with Gasteiger partial charge in [0, 0.05) is 22.5 Å². The van der Waals surface area contributed by atoms with E-state index >= 15 is 0 Å². The average Bonchev–Trinajstić information content (AvgIpc) is 2.33. The third-order valence-electron chi connectivity index (χ3n) is 2.45. The lowest BCUT2D eigenvalue weighted by Crippen LogP contribution is -2.06. The first-order chi connectivity index (χ1) is 8.13. The third-order valence-corrected chi connectivity index (χ3v) is 2.45. The number of hydrogen-bond acceptors (Lipinski definition) is 4. The molecule has 4 heteroatoms. The lowest BCUT2D eigenvalue weighted by atomic mass is 10.1. The molecule has 4 N–H and O–H groups in total. The van der Waals surface area contributed by atoms with E-state index in [9.17, 15) is 4.79 Å². The number of hydrogen-bond donors (Lipinski definition) is 2. The van der Waals surface area contributed by atoms with Gasteiger partial charge in [0.25, 0.3) is 0 Å². The van der Waals surface area contributed by atoms with E-state index in [4.69, 9.17) is 16.2 Å². The van der Waals surface area contributed by atoms with Crippen LogP contribution in [-0.4, -0.2) is 5.97 Å². The van der Waals surface area contributed by atoms with Crippen LogP contribution in [-0.2, 0) is 4.79 Å². The maximum Gasteiger partial charge on any atom is 0.335 e. The number of anilines is 2. The molecule has 0 aliphatic heterocycles. The maximum atomic E-state index is 11.2. The Morgan fingerprint density at radius 3 is 2.59 bits per heavy atom. The number of rotatable bonds is 2. The first-order valence-electron chi connectivity index (χ1n) is 5.04. The fourth-order valence-electron chi connectivity index (χ4n) is 1.63. The van der Waals surface area contributed by atoms with Crippen molar-refractivity contribution < 1.29 is 9.53 Å². The maximum absolute atomic E-state index is 11.2. The zero-order valence-corrected chi connectivity index (χ0v) is 9.14. The summed E-state index contributed by atoms with van der Waals surface area (Å²) in [5, 5.41) is 1.51. The van der Waals surface area contributed by atoms with Gasteiger partial charge in [-0.25, -0.2) is 4.79 Å². The number of ether oxygens (including phenoxy) is 1. The molecule has 0 aromatic heterocycles. The summed E-state index contributed by atoms with van der Waals surface area (Å²) in [5.41, 5.74) is 12.6. The number of esters is 1. The van der Waals surface area contributed by atoms with E-state index in [1.54, 1.807) is 30.3 Å². The largest absolute Gasteiger partial charge is 0.420 e. The summed E-state index contributed by atoms with van der Waals surface area (Å²) in [6.45, 7) is 3.34. The Bertz CT molecular complexity index is 606. The van der Waals surface area contributed by atoms with Crippen LogP contribution in [0.4, 0.5) is 11.4 Å². The Morgan fingerprint density at radius 2 is 1.88 bits per heavy atom. The standard InChI is InChI=1S/C13H12N2O2/c1-2-12(16)17-13-9-4-3-5-10(14)8(9)6-7-11(13)15/h2-7H,1,14-15H2. The van der Waals surface area contributed by atoms with E-state index in [2.05, 4.69) is 6.58 Å². The number of nitrogen functional groups attached to an aromatic ring is 2. The summed E-state index contributed by atoms with van der Waals surface area (Å²) < 4.78 is 5.13. The predicted molar refractivity (Wildman–Crippen MR) is 68.6 cm³/mol. The van der Waals surface area contributed by atoms with Crippen molar-refractivity contribution in [2.75, 3.05) is 11.5 Å². The highest BCUT2D eigenvalue weighted by Gasteiger charge is 2.10. The molecule has 0 aliphatic carbocycles. The molecule has 0 radical (unpaired) electrons. The second kappa shape index (κ2) is 4.17. The van der Waals surface area contributed by atoms with Crippen LogP contribution in [0.2, 0.25) is 0 Å². The van der Waals surface area contributed by atoms with Gasteiger partial charge in [-0.3, -0.25) is 0 Å². The van der Waals surface area contributed by atoms with Crippen molar-refractivity contribution in [1.82, 2.24) is 0 Å². The molecular weight excluding hydrogens is 216 g/mol. The highest BCUT2D eigenvalue weighted by molar-refractivity contribution is 6.01. The molecule has 0 spiro atoms. The number of benzene rings is 2. The Kier molecular flexibility index (Phi) is 2.70. The molecule has 2 aromatic carbocycles. The van der Waals surface area contributed by atoms with Gasteiger partial charge in [-0.1, -0.05) is 18.7 Å². The van der Waals surface area contributed by atoms with E-state index in [1.807, 2.05) is 0 Å². The lowest BCUT2D eigenvalue weighted by molar-refractivity contribution is -0.128. The van der Waals surface area contributed by atoms with Crippen molar-refractivity contribution in [3.05, 3.63) is 43.0 Å². The second-order valence-electron chi connectivity index (χ2n) is 3.55. The van der Waals surface area contributed by atoms with Crippen LogP contribution in [0.25, 0.3) is 10.8 Å². The summed E-state index contributed by atoms with van der Waals surface area (Å²) in [6, 6.07) is 8.81. The zero-order chi connectivity index (χ0) is 12.4. The van der Waals surface area contributed by atoms with Gasteiger partial charge in [0.05, 0.1) is 5.69 Å². The number of fused-ring (bicyclic) bond motifs is 1.